The maximum Gasteiger partial charge on any atom is 0.248 e. The third kappa shape index (κ3) is 2.48. The summed E-state index contributed by atoms with van der Waals surface area (Å²) in [6.07, 6.45) is 3.04. The number of piperidine rings is 2. The van der Waals surface area contributed by atoms with Gasteiger partial charge in [0.1, 0.15) is 12.8 Å². The lowest BCUT2D eigenvalue weighted by atomic mass is 9.69. The Morgan fingerprint density at radius 2 is 2.04 bits per heavy atom. The molecule has 9 unspecified atom stereocenters. The van der Waals surface area contributed by atoms with E-state index in [0.717, 1.165) is 18.9 Å². The number of nitrogens with zero attached hydrogens (tertiary/aromatic N) is 2. The molecule has 146 valence electrons. The largest absolute Gasteiger partial charge is 0.387 e. The molecule has 10 atom stereocenters. The minimum Gasteiger partial charge on any atom is -0.387 e. The summed E-state index contributed by atoms with van der Waals surface area (Å²) in [7, 11) is 0. The van der Waals surface area contributed by atoms with Gasteiger partial charge in [-0.1, -0.05) is 0 Å². The molecule has 26 heavy (non-hydrogen) atoms. The highest BCUT2D eigenvalue weighted by molar-refractivity contribution is 6.21. The number of nitrogens with one attached hydrogen (secondary N) is 1. The smallest absolute Gasteiger partial charge is 0.248 e. The van der Waals surface area contributed by atoms with Crippen molar-refractivity contribution < 1.29 is 14.3 Å². The van der Waals surface area contributed by atoms with Crippen molar-refractivity contribution in [2.45, 2.75) is 74.4 Å². The first kappa shape index (κ1) is 17.7. The van der Waals surface area contributed by atoms with Crippen LogP contribution < -0.4 is 5.32 Å². The Kier molecular flexibility index (Phi) is 4.27. The zero-order chi connectivity index (χ0) is 18.2. The van der Waals surface area contributed by atoms with Gasteiger partial charge in [-0.2, -0.15) is 0 Å². The van der Waals surface area contributed by atoms with Gasteiger partial charge >= 0.3 is 0 Å². The molecule has 3 heterocycles. The maximum absolute atomic E-state index is 15.1. The van der Waals surface area contributed by atoms with Gasteiger partial charge in [0.05, 0.1) is 5.38 Å². The molecule has 1 amide bonds. The van der Waals surface area contributed by atoms with E-state index >= 15 is 4.39 Å². The minimum absolute atomic E-state index is 0.0232. The lowest BCUT2D eigenvalue weighted by Crippen LogP contribution is -2.59. The van der Waals surface area contributed by atoms with E-state index in [1.54, 1.807) is 0 Å². The molecule has 2 N–H and O–H groups in total. The Hall–Kier alpha value is -0.430. The van der Waals surface area contributed by atoms with Crippen molar-refractivity contribution in [3.63, 3.8) is 0 Å². The fourth-order valence-corrected chi connectivity index (χ4v) is 7.12. The summed E-state index contributed by atoms with van der Waals surface area (Å²) in [5.41, 5.74) is 0. The number of carbonyl (C=O) groups excluding carboxylic acids is 1. The highest BCUT2D eigenvalue weighted by Crippen LogP contribution is 2.52. The second kappa shape index (κ2) is 6.29. The molecule has 5 rings (SSSR count). The standard InChI is InChI=1S/C19H29ClFN3O2/c1-9-16-12(3-5-23(9)15(26)8-25)22-19-17(16)14(7-11(20)18(19)21)24-4-2-10-6-13(10)24/h9-14,16-19,22,25H,2-8H2,1H3/t9-,10?,11?,12?,13?,14?,16?,17?,18?,19?/m0/s1. The van der Waals surface area contributed by atoms with Crippen LogP contribution in [0.2, 0.25) is 0 Å². The minimum atomic E-state index is -1.03. The molecule has 2 aliphatic carbocycles. The van der Waals surface area contributed by atoms with E-state index in [4.69, 9.17) is 11.6 Å². The second-order valence-electron chi connectivity index (χ2n) is 9.08. The van der Waals surface area contributed by atoms with Gasteiger partial charge in [-0.15, -0.1) is 11.6 Å². The van der Waals surface area contributed by atoms with Crippen LogP contribution in [0.15, 0.2) is 0 Å². The van der Waals surface area contributed by atoms with Crippen LogP contribution in [-0.4, -0.2) is 82.3 Å². The van der Waals surface area contributed by atoms with Crippen molar-refractivity contribution in [2.75, 3.05) is 19.7 Å². The van der Waals surface area contributed by atoms with Crippen LogP contribution in [-0.2, 0) is 4.79 Å². The van der Waals surface area contributed by atoms with E-state index in [1.165, 1.54) is 12.8 Å². The van der Waals surface area contributed by atoms with Gasteiger partial charge in [0, 0.05) is 42.7 Å². The van der Waals surface area contributed by atoms with Gasteiger partial charge in [-0.25, -0.2) is 4.39 Å². The first-order chi connectivity index (χ1) is 12.5. The van der Waals surface area contributed by atoms with Crippen molar-refractivity contribution in [3.8, 4) is 0 Å². The van der Waals surface area contributed by atoms with E-state index in [0.29, 0.717) is 25.0 Å². The van der Waals surface area contributed by atoms with Crippen LogP contribution in [0.3, 0.4) is 0 Å². The second-order valence-corrected chi connectivity index (χ2v) is 9.64. The summed E-state index contributed by atoms with van der Waals surface area (Å²) in [4.78, 5) is 16.6. The molecule has 7 heteroatoms. The third-order valence-electron chi connectivity index (χ3n) is 8.01. The topological polar surface area (TPSA) is 55.8 Å². The van der Waals surface area contributed by atoms with E-state index < -0.39 is 18.2 Å². The van der Waals surface area contributed by atoms with E-state index in [2.05, 4.69) is 17.1 Å². The number of amides is 1. The zero-order valence-corrected chi connectivity index (χ0v) is 16.0. The molecule has 3 saturated heterocycles. The van der Waals surface area contributed by atoms with E-state index in [1.807, 2.05) is 4.90 Å². The molecular weight excluding hydrogens is 357 g/mol. The van der Waals surface area contributed by atoms with Crippen LogP contribution in [0.1, 0.15) is 32.6 Å². The fraction of sp³-hybridized carbons (Fsp3) is 0.947. The van der Waals surface area contributed by atoms with Gasteiger partial charge in [0.25, 0.3) is 0 Å². The molecule has 2 saturated carbocycles. The van der Waals surface area contributed by atoms with Crippen LogP contribution in [0.4, 0.5) is 4.39 Å². The number of likely N-dealkylation sites (tertiary alicyclic amines) is 2. The average molecular weight is 386 g/mol. The van der Waals surface area contributed by atoms with Gasteiger partial charge in [0.15, 0.2) is 0 Å². The Balaban J connectivity index is 1.46. The lowest BCUT2D eigenvalue weighted by molar-refractivity contribution is -0.140. The van der Waals surface area contributed by atoms with Crippen LogP contribution in [0.25, 0.3) is 0 Å². The number of aliphatic hydroxyl groups is 1. The van der Waals surface area contributed by atoms with Crippen molar-refractivity contribution in [2.24, 2.45) is 17.8 Å². The summed E-state index contributed by atoms with van der Waals surface area (Å²) in [5.74, 6) is 1.05. The molecule has 0 bridgehead atoms. The number of rotatable bonds is 2. The molecule has 5 nitrogen and oxygen atoms in total. The summed E-state index contributed by atoms with van der Waals surface area (Å²) in [6.45, 7) is 3.37. The number of alkyl halides is 2. The van der Waals surface area contributed by atoms with Crippen molar-refractivity contribution in [1.82, 2.24) is 15.1 Å². The monoisotopic (exact) mass is 385 g/mol. The number of aliphatic hydroxyl groups excluding tert-OH is 1. The normalized spacial score (nSPS) is 53.2. The summed E-state index contributed by atoms with van der Waals surface area (Å²) in [6, 6.07) is 1.03. The number of hydrogen-bond donors (Lipinski definition) is 2. The number of halogens is 2. The average Bonchev–Trinajstić information content (AvgIpc) is 3.11. The molecule has 3 aliphatic heterocycles. The first-order valence-corrected chi connectivity index (χ1v) is 10.6. The van der Waals surface area contributed by atoms with Crippen molar-refractivity contribution >= 4 is 17.5 Å². The number of carbonyl (C=O) groups is 1. The van der Waals surface area contributed by atoms with Gasteiger partial charge in [-0.3, -0.25) is 9.69 Å². The molecule has 0 aromatic heterocycles. The molecule has 0 spiro atoms. The quantitative estimate of drug-likeness (QED) is 0.696. The van der Waals surface area contributed by atoms with Crippen LogP contribution >= 0.6 is 11.6 Å². The molecule has 5 aliphatic rings. The predicted molar refractivity (Wildman–Crippen MR) is 96.7 cm³/mol. The Bertz CT molecular complexity index is 595. The zero-order valence-electron chi connectivity index (χ0n) is 15.2. The van der Waals surface area contributed by atoms with Gasteiger partial charge in [-0.05, 0) is 51.0 Å². The predicted octanol–water partition coefficient (Wildman–Crippen LogP) is 0.984. The Morgan fingerprint density at radius 1 is 1.23 bits per heavy atom. The van der Waals surface area contributed by atoms with Crippen LogP contribution in [0.5, 0.6) is 0 Å². The Morgan fingerprint density at radius 3 is 2.69 bits per heavy atom. The third-order valence-corrected chi connectivity index (χ3v) is 8.43. The van der Waals surface area contributed by atoms with E-state index in [-0.39, 0.29) is 35.9 Å². The summed E-state index contributed by atoms with van der Waals surface area (Å²) in [5, 5.41) is 12.5. The first-order valence-electron chi connectivity index (χ1n) is 10.2. The lowest BCUT2D eigenvalue weighted by Gasteiger charge is -2.49. The molecule has 0 aromatic carbocycles. The summed E-state index contributed by atoms with van der Waals surface area (Å²) >= 11 is 6.46. The van der Waals surface area contributed by atoms with Crippen molar-refractivity contribution in [3.05, 3.63) is 0 Å². The molecule has 5 fully saturated rings. The van der Waals surface area contributed by atoms with E-state index in [9.17, 15) is 9.90 Å². The Labute approximate surface area is 159 Å². The van der Waals surface area contributed by atoms with Gasteiger partial charge < -0.3 is 15.3 Å². The summed E-state index contributed by atoms with van der Waals surface area (Å²) < 4.78 is 15.1. The SMILES string of the molecule is C[C@H]1C2C(CCN1C(=O)CO)NC1C(F)C(Cl)CC(N3CCC4CC43)C12. The van der Waals surface area contributed by atoms with Crippen LogP contribution in [0, 0.1) is 17.8 Å². The number of hydrogen-bond acceptors (Lipinski definition) is 4. The number of fused-ring (bicyclic) bond motifs is 4. The molecule has 0 radical (unpaired) electrons. The highest BCUT2D eigenvalue weighted by atomic mass is 35.5. The fourth-order valence-electron chi connectivity index (χ4n) is 6.78. The molecule has 0 aromatic rings. The highest BCUT2D eigenvalue weighted by Gasteiger charge is 2.61. The molecular formula is C19H29ClFN3O2. The van der Waals surface area contributed by atoms with Crippen molar-refractivity contribution in [1.29, 1.82) is 0 Å². The maximum atomic E-state index is 15.1. The van der Waals surface area contributed by atoms with Gasteiger partial charge in [0.2, 0.25) is 5.91 Å².